The van der Waals surface area contributed by atoms with Gasteiger partial charge in [-0.25, -0.2) is 13.8 Å². The van der Waals surface area contributed by atoms with Gasteiger partial charge in [0.25, 0.3) is 5.92 Å². The van der Waals surface area contributed by atoms with Crippen LogP contribution in [0.4, 0.5) is 8.78 Å². The molecule has 0 amide bonds. The number of hydrogen-bond acceptors (Lipinski definition) is 3. The molecule has 0 radical (unpaired) electrons. The van der Waals surface area contributed by atoms with Gasteiger partial charge in [-0.3, -0.25) is 4.90 Å². The lowest BCUT2D eigenvalue weighted by Crippen LogP contribution is -2.27. The van der Waals surface area contributed by atoms with Gasteiger partial charge in [0.2, 0.25) is 0 Å². The number of ether oxygens (including phenoxy) is 1. The van der Waals surface area contributed by atoms with Gasteiger partial charge >= 0.3 is 0 Å². The number of alkyl halides is 2. The molecule has 4 nitrogen and oxygen atoms in total. The molecule has 0 saturated carbocycles. The van der Waals surface area contributed by atoms with E-state index in [2.05, 4.69) is 4.98 Å². The van der Waals surface area contributed by atoms with Gasteiger partial charge in [0.15, 0.2) is 0 Å². The molecule has 108 valence electrons. The summed E-state index contributed by atoms with van der Waals surface area (Å²) in [5, 5.41) is 0. The molecule has 3 rings (SSSR count). The summed E-state index contributed by atoms with van der Waals surface area (Å²) in [6, 6.07) is 3.74. The molecular weight excluding hydrogens is 264 g/mol. The van der Waals surface area contributed by atoms with Gasteiger partial charge < -0.3 is 9.14 Å². The topological polar surface area (TPSA) is 29.8 Å². The zero-order valence-electron chi connectivity index (χ0n) is 11.1. The number of fused-ring (bicyclic) bond motifs is 1. The van der Waals surface area contributed by atoms with Crippen LogP contribution in [-0.4, -0.2) is 46.4 Å². The van der Waals surface area contributed by atoms with Crippen LogP contribution in [0.25, 0.3) is 5.65 Å². The van der Waals surface area contributed by atoms with Gasteiger partial charge in [0.1, 0.15) is 11.4 Å². The third-order valence-electron chi connectivity index (χ3n) is 3.51. The zero-order chi connectivity index (χ0) is 14.0. The molecule has 0 bridgehead atoms. The summed E-state index contributed by atoms with van der Waals surface area (Å²) < 4.78 is 33.5. The minimum absolute atomic E-state index is 0.0234. The average Bonchev–Trinajstić information content (AvgIpc) is 3.00. The number of imidazole rings is 1. The second-order valence-corrected chi connectivity index (χ2v) is 5.14. The van der Waals surface area contributed by atoms with Crippen LogP contribution in [0.3, 0.4) is 0 Å². The Morgan fingerprint density at radius 1 is 1.35 bits per heavy atom. The molecule has 0 aromatic carbocycles. The second-order valence-electron chi connectivity index (χ2n) is 5.14. The lowest BCUT2D eigenvalue weighted by Gasteiger charge is -2.15. The van der Waals surface area contributed by atoms with E-state index in [1.54, 1.807) is 11.1 Å². The number of hydrogen-bond donors (Lipinski definition) is 0. The Hall–Kier alpha value is -1.69. The summed E-state index contributed by atoms with van der Waals surface area (Å²) >= 11 is 0. The number of pyridine rings is 1. The molecule has 3 heterocycles. The molecule has 1 saturated heterocycles. The van der Waals surface area contributed by atoms with E-state index >= 15 is 0 Å². The van der Waals surface area contributed by atoms with Gasteiger partial charge in [0, 0.05) is 44.2 Å². The van der Waals surface area contributed by atoms with Crippen molar-refractivity contribution in [2.75, 3.05) is 26.2 Å². The van der Waals surface area contributed by atoms with Crippen molar-refractivity contribution in [1.82, 2.24) is 14.3 Å². The standard InChI is InChI=1S/C14H17F2N3O/c15-14(16)3-7-18(11-14)5-1-9-20-12-2-6-19-8-4-17-13(19)10-12/h2,4,6,8,10H,1,3,5,7,9,11H2. The smallest absolute Gasteiger partial charge is 0.261 e. The lowest BCUT2D eigenvalue weighted by atomic mass is 10.3. The first kappa shape index (κ1) is 13.3. The van der Waals surface area contributed by atoms with Gasteiger partial charge in [-0.05, 0) is 12.5 Å². The molecule has 1 fully saturated rings. The normalized spacial score (nSPS) is 18.7. The Morgan fingerprint density at radius 2 is 2.25 bits per heavy atom. The van der Waals surface area contributed by atoms with E-state index in [0.29, 0.717) is 19.7 Å². The molecular formula is C14H17F2N3O. The molecule has 2 aromatic rings. The second kappa shape index (κ2) is 5.36. The van der Waals surface area contributed by atoms with Crippen molar-refractivity contribution in [3.63, 3.8) is 0 Å². The van der Waals surface area contributed by atoms with E-state index < -0.39 is 5.92 Å². The fourth-order valence-electron chi connectivity index (χ4n) is 2.46. The molecule has 0 atom stereocenters. The highest BCUT2D eigenvalue weighted by Gasteiger charge is 2.37. The van der Waals surface area contributed by atoms with Gasteiger partial charge in [-0.15, -0.1) is 0 Å². The molecule has 20 heavy (non-hydrogen) atoms. The third-order valence-corrected chi connectivity index (χ3v) is 3.51. The highest BCUT2D eigenvalue weighted by molar-refractivity contribution is 5.43. The first-order valence-corrected chi connectivity index (χ1v) is 6.78. The summed E-state index contributed by atoms with van der Waals surface area (Å²) in [4.78, 5) is 5.97. The van der Waals surface area contributed by atoms with E-state index in [4.69, 9.17) is 4.74 Å². The fourth-order valence-corrected chi connectivity index (χ4v) is 2.46. The number of likely N-dealkylation sites (tertiary alicyclic amines) is 1. The van der Waals surface area contributed by atoms with Gasteiger partial charge in [-0.1, -0.05) is 0 Å². The monoisotopic (exact) mass is 281 g/mol. The maximum absolute atomic E-state index is 13.0. The van der Waals surface area contributed by atoms with E-state index in [0.717, 1.165) is 17.8 Å². The van der Waals surface area contributed by atoms with E-state index in [1.807, 2.05) is 28.9 Å². The summed E-state index contributed by atoms with van der Waals surface area (Å²) in [6.45, 7) is 1.54. The number of aromatic nitrogens is 2. The lowest BCUT2D eigenvalue weighted by molar-refractivity contribution is 0.0119. The minimum atomic E-state index is -2.51. The summed E-state index contributed by atoms with van der Waals surface area (Å²) in [6.07, 6.45) is 6.21. The maximum Gasteiger partial charge on any atom is 0.261 e. The highest BCUT2D eigenvalue weighted by atomic mass is 19.3. The highest BCUT2D eigenvalue weighted by Crippen LogP contribution is 2.26. The third kappa shape index (κ3) is 3.07. The Balaban J connectivity index is 1.43. The summed E-state index contributed by atoms with van der Waals surface area (Å²) in [7, 11) is 0. The van der Waals surface area contributed by atoms with Crippen LogP contribution in [0.5, 0.6) is 5.75 Å². The van der Waals surface area contributed by atoms with E-state index in [-0.39, 0.29) is 13.0 Å². The van der Waals surface area contributed by atoms with Crippen LogP contribution in [0, 0.1) is 0 Å². The van der Waals surface area contributed by atoms with Crippen LogP contribution in [-0.2, 0) is 0 Å². The predicted octanol–water partition coefficient (Wildman–Crippen LogP) is 2.44. The fraction of sp³-hybridized carbons (Fsp3) is 0.500. The Kier molecular flexibility index (Phi) is 3.56. The molecule has 0 aliphatic carbocycles. The van der Waals surface area contributed by atoms with Crippen molar-refractivity contribution < 1.29 is 13.5 Å². The minimum Gasteiger partial charge on any atom is -0.493 e. The SMILES string of the molecule is FC1(F)CCN(CCCOc2ccn3ccnc3c2)C1. The maximum atomic E-state index is 13.0. The first-order valence-electron chi connectivity index (χ1n) is 6.78. The van der Waals surface area contributed by atoms with E-state index in [9.17, 15) is 8.78 Å². The van der Waals surface area contributed by atoms with E-state index in [1.165, 1.54) is 0 Å². The molecule has 0 unspecified atom stereocenters. The van der Waals surface area contributed by atoms with Crippen molar-refractivity contribution in [3.8, 4) is 5.75 Å². The Labute approximate surface area is 116 Å². The molecule has 1 aliphatic heterocycles. The van der Waals surface area contributed by atoms with Crippen LogP contribution in [0.2, 0.25) is 0 Å². The number of nitrogens with zero attached hydrogens (tertiary/aromatic N) is 3. The van der Waals surface area contributed by atoms with Gasteiger partial charge in [0.05, 0.1) is 13.2 Å². The van der Waals surface area contributed by atoms with Crippen LogP contribution in [0.15, 0.2) is 30.7 Å². The van der Waals surface area contributed by atoms with Crippen molar-refractivity contribution in [3.05, 3.63) is 30.7 Å². The molecule has 1 aliphatic rings. The van der Waals surface area contributed by atoms with Crippen molar-refractivity contribution >= 4 is 5.65 Å². The molecule has 6 heteroatoms. The van der Waals surface area contributed by atoms with Crippen molar-refractivity contribution in [2.45, 2.75) is 18.8 Å². The van der Waals surface area contributed by atoms with Crippen molar-refractivity contribution in [2.24, 2.45) is 0 Å². The molecule has 0 N–H and O–H groups in total. The largest absolute Gasteiger partial charge is 0.493 e. The zero-order valence-corrected chi connectivity index (χ0v) is 11.1. The molecule has 0 spiro atoms. The summed E-state index contributed by atoms with van der Waals surface area (Å²) in [5.74, 6) is -1.75. The van der Waals surface area contributed by atoms with Gasteiger partial charge in [-0.2, -0.15) is 0 Å². The number of rotatable bonds is 5. The predicted molar refractivity (Wildman–Crippen MR) is 71.3 cm³/mol. The first-order chi connectivity index (χ1) is 9.62. The average molecular weight is 281 g/mol. The quantitative estimate of drug-likeness (QED) is 0.788. The van der Waals surface area contributed by atoms with Crippen LogP contribution >= 0.6 is 0 Å². The molecule has 2 aromatic heterocycles. The van der Waals surface area contributed by atoms with Crippen LogP contribution < -0.4 is 4.74 Å². The Morgan fingerprint density at radius 3 is 3.05 bits per heavy atom. The van der Waals surface area contributed by atoms with Crippen molar-refractivity contribution in [1.29, 1.82) is 0 Å². The van der Waals surface area contributed by atoms with Crippen LogP contribution in [0.1, 0.15) is 12.8 Å². The number of halogens is 2. The summed E-state index contributed by atoms with van der Waals surface area (Å²) in [5.41, 5.74) is 0.835. The Bertz CT molecular complexity index is 585.